The second-order valence-corrected chi connectivity index (χ2v) is 4.32. The third-order valence-electron chi connectivity index (χ3n) is 3.23. The Hall–Kier alpha value is -0.860. The van der Waals surface area contributed by atoms with Crippen molar-refractivity contribution in [2.75, 3.05) is 6.61 Å². The molecule has 0 amide bonds. The first-order valence-corrected chi connectivity index (χ1v) is 5.13. The highest BCUT2D eigenvalue weighted by atomic mass is 16.6. The predicted octanol–water partition coefficient (Wildman–Crippen LogP) is 2.09. The summed E-state index contributed by atoms with van der Waals surface area (Å²) < 4.78 is 11.4. The van der Waals surface area contributed by atoms with Crippen LogP contribution in [0, 0.1) is 0 Å². The lowest BCUT2D eigenvalue weighted by atomic mass is 9.88. The standard InChI is InChI=1S/C12H14O2/c1-12(9-5-3-2-4-6-9)7-10-11(14-10)8-13-12/h2-6,10-11H,7-8H2,1H3/t10?,11-,12+/m0/s1. The minimum absolute atomic E-state index is 0.140. The summed E-state index contributed by atoms with van der Waals surface area (Å²) in [5.74, 6) is 0. The first-order valence-electron chi connectivity index (χ1n) is 5.13. The van der Waals surface area contributed by atoms with Gasteiger partial charge in [-0.3, -0.25) is 0 Å². The monoisotopic (exact) mass is 190 g/mol. The predicted molar refractivity (Wildman–Crippen MR) is 53.0 cm³/mol. The van der Waals surface area contributed by atoms with Gasteiger partial charge in [-0.25, -0.2) is 0 Å². The van der Waals surface area contributed by atoms with E-state index in [2.05, 4.69) is 31.2 Å². The summed E-state index contributed by atoms with van der Waals surface area (Å²) >= 11 is 0. The van der Waals surface area contributed by atoms with Crippen LogP contribution in [0.4, 0.5) is 0 Å². The fourth-order valence-corrected chi connectivity index (χ4v) is 2.21. The van der Waals surface area contributed by atoms with Gasteiger partial charge in [0, 0.05) is 6.42 Å². The van der Waals surface area contributed by atoms with E-state index in [1.54, 1.807) is 0 Å². The van der Waals surface area contributed by atoms with Crippen LogP contribution < -0.4 is 0 Å². The van der Waals surface area contributed by atoms with Gasteiger partial charge in [0.1, 0.15) is 6.10 Å². The molecule has 2 nitrogen and oxygen atoms in total. The van der Waals surface area contributed by atoms with Crippen LogP contribution >= 0.6 is 0 Å². The van der Waals surface area contributed by atoms with E-state index < -0.39 is 0 Å². The molecule has 3 rings (SSSR count). The van der Waals surface area contributed by atoms with Gasteiger partial charge in [0.2, 0.25) is 0 Å². The first-order chi connectivity index (χ1) is 6.78. The van der Waals surface area contributed by atoms with Crippen molar-refractivity contribution in [3.8, 4) is 0 Å². The van der Waals surface area contributed by atoms with Gasteiger partial charge >= 0.3 is 0 Å². The molecule has 2 fully saturated rings. The topological polar surface area (TPSA) is 21.8 Å². The van der Waals surface area contributed by atoms with Crippen LogP contribution in [0.3, 0.4) is 0 Å². The van der Waals surface area contributed by atoms with E-state index >= 15 is 0 Å². The van der Waals surface area contributed by atoms with Crippen LogP contribution in [0.5, 0.6) is 0 Å². The van der Waals surface area contributed by atoms with Crippen LogP contribution in [-0.2, 0) is 15.1 Å². The molecule has 0 radical (unpaired) electrons. The van der Waals surface area contributed by atoms with Gasteiger partial charge in [-0.2, -0.15) is 0 Å². The molecule has 0 bridgehead atoms. The number of hydrogen-bond donors (Lipinski definition) is 0. The fourth-order valence-electron chi connectivity index (χ4n) is 2.21. The van der Waals surface area contributed by atoms with E-state index in [0.29, 0.717) is 12.2 Å². The van der Waals surface area contributed by atoms with Crippen molar-refractivity contribution in [2.24, 2.45) is 0 Å². The normalized spacial score (nSPS) is 40.4. The summed E-state index contributed by atoms with van der Waals surface area (Å²) in [5, 5.41) is 0. The molecule has 2 aliphatic heterocycles. The zero-order valence-corrected chi connectivity index (χ0v) is 8.27. The number of epoxide rings is 1. The zero-order valence-electron chi connectivity index (χ0n) is 8.27. The number of hydrogen-bond acceptors (Lipinski definition) is 2. The quantitative estimate of drug-likeness (QED) is 0.632. The molecule has 2 heterocycles. The molecule has 14 heavy (non-hydrogen) atoms. The van der Waals surface area contributed by atoms with Gasteiger partial charge in [-0.15, -0.1) is 0 Å². The molecule has 1 aromatic carbocycles. The van der Waals surface area contributed by atoms with Crippen molar-refractivity contribution in [2.45, 2.75) is 31.2 Å². The van der Waals surface area contributed by atoms with Crippen LogP contribution in [0.25, 0.3) is 0 Å². The smallest absolute Gasteiger partial charge is 0.108 e. The maximum atomic E-state index is 5.88. The molecule has 0 N–H and O–H groups in total. The minimum atomic E-state index is -0.140. The number of rotatable bonds is 1. The molecular formula is C12H14O2. The lowest BCUT2D eigenvalue weighted by Gasteiger charge is -2.32. The van der Waals surface area contributed by atoms with Gasteiger partial charge in [-0.05, 0) is 12.5 Å². The molecule has 0 saturated carbocycles. The molecule has 0 aliphatic carbocycles. The van der Waals surface area contributed by atoms with E-state index in [1.165, 1.54) is 5.56 Å². The molecule has 1 unspecified atom stereocenters. The van der Waals surface area contributed by atoms with Crippen molar-refractivity contribution in [3.05, 3.63) is 35.9 Å². The molecule has 74 valence electrons. The summed E-state index contributed by atoms with van der Waals surface area (Å²) in [4.78, 5) is 0. The zero-order chi connectivity index (χ0) is 9.60. The molecule has 3 atom stereocenters. The summed E-state index contributed by atoms with van der Waals surface area (Å²) in [6.45, 7) is 2.90. The van der Waals surface area contributed by atoms with Crippen molar-refractivity contribution in [3.63, 3.8) is 0 Å². The van der Waals surface area contributed by atoms with Gasteiger partial charge < -0.3 is 9.47 Å². The minimum Gasteiger partial charge on any atom is -0.368 e. The van der Waals surface area contributed by atoms with E-state index in [4.69, 9.17) is 9.47 Å². The van der Waals surface area contributed by atoms with Gasteiger partial charge in [0.05, 0.1) is 18.3 Å². The van der Waals surface area contributed by atoms with Gasteiger partial charge in [-0.1, -0.05) is 30.3 Å². The Morgan fingerprint density at radius 2 is 2.00 bits per heavy atom. The van der Waals surface area contributed by atoms with E-state index in [9.17, 15) is 0 Å². The second kappa shape index (κ2) is 2.81. The number of fused-ring (bicyclic) bond motifs is 1. The molecule has 1 aromatic rings. The van der Waals surface area contributed by atoms with Crippen LogP contribution in [0.2, 0.25) is 0 Å². The average molecular weight is 190 g/mol. The number of ether oxygens (including phenoxy) is 2. The Labute approximate surface area is 83.8 Å². The molecule has 2 saturated heterocycles. The third-order valence-corrected chi connectivity index (χ3v) is 3.23. The molecule has 2 heteroatoms. The molecule has 0 spiro atoms. The van der Waals surface area contributed by atoms with E-state index in [0.717, 1.165) is 13.0 Å². The summed E-state index contributed by atoms with van der Waals surface area (Å²) in [7, 11) is 0. The highest BCUT2D eigenvalue weighted by Crippen LogP contribution is 2.43. The van der Waals surface area contributed by atoms with E-state index in [1.807, 2.05) is 6.07 Å². The number of benzene rings is 1. The maximum absolute atomic E-state index is 5.88. The fraction of sp³-hybridized carbons (Fsp3) is 0.500. The lowest BCUT2D eigenvalue weighted by molar-refractivity contribution is -0.0577. The van der Waals surface area contributed by atoms with Crippen molar-refractivity contribution < 1.29 is 9.47 Å². The lowest BCUT2D eigenvalue weighted by Crippen LogP contribution is -2.34. The van der Waals surface area contributed by atoms with Crippen LogP contribution in [-0.4, -0.2) is 18.8 Å². The van der Waals surface area contributed by atoms with Gasteiger partial charge in [0.25, 0.3) is 0 Å². The van der Waals surface area contributed by atoms with Crippen molar-refractivity contribution >= 4 is 0 Å². The summed E-state index contributed by atoms with van der Waals surface area (Å²) in [6, 6.07) is 10.4. The van der Waals surface area contributed by atoms with Crippen LogP contribution in [0.1, 0.15) is 18.9 Å². The van der Waals surface area contributed by atoms with Crippen molar-refractivity contribution in [1.82, 2.24) is 0 Å². The first kappa shape index (κ1) is 8.45. The largest absolute Gasteiger partial charge is 0.368 e. The van der Waals surface area contributed by atoms with Crippen molar-refractivity contribution in [1.29, 1.82) is 0 Å². The Morgan fingerprint density at radius 1 is 1.21 bits per heavy atom. The Bertz CT molecular complexity index is 335. The third kappa shape index (κ3) is 1.26. The highest BCUT2D eigenvalue weighted by molar-refractivity contribution is 5.23. The molecular weight excluding hydrogens is 176 g/mol. The maximum Gasteiger partial charge on any atom is 0.108 e. The second-order valence-electron chi connectivity index (χ2n) is 4.32. The summed E-state index contributed by atoms with van der Waals surface area (Å²) in [5.41, 5.74) is 1.12. The van der Waals surface area contributed by atoms with Gasteiger partial charge in [0.15, 0.2) is 0 Å². The van der Waals surface area contributed by atoms with Crippen LogP contribution in [0.15, 0.2) is 30.3 Å². The highest BCUT2D eigenvalue weighted by Gasteiger charge is 2.50. The Kier molecular flexibility index (Phi) is 1.70. The Morgan fingerprint density at radius 3 is 2.71 bits per heavy atom. The summed E-state index contributed by atoms with van der Waals surface area (Å²) in [6.07, 6.45) is 1.81. The van der Waals surface area contributed by atoms with E-state index in [-0.39, 0.29) is 5.60 Å². The average Bonchev–Trinajstić information content (AvgIpc) is 2.97. The Balaban J connectivity index is 1.89. The SMILES string of the molecule is C[C@]1(c2ccccc2)CC2O[C@H]2CO1. The molecule has 0 aromatic heterocycles. The molecule has 2 aliphatic rings.